The standard InChI is InChI=1S/C16H17NO3S2/c1-17(22(18,19)12-16-11-21-16)13-7-9-15(10-8-13)20-14-5-3-2-4-6-14/h2-10,16H,11-12H2,1H3. The molecule has 4 nitrogen and oxygen atoms in total. The van der Waals surface area contributed by atoms with E-state index in [1.807, 2.05) is 30.3 Å². The molecule has 22 heavy (non-hydrogen) atoms. The fourth-order valence-electron chi connectivity index (χ4n) is 2.02. The van der Waals surface area contributed by atoms with Crippen LogP contribution in [0, 0.1) is 0 Å². The second kappa shape index (κ2) is 6.22. The van der Waals surface area contributed by atoms with Crippen molar-refractivity contribution in [1.29, 1.82) is 0 Å². The maximum atomic E-state index is 12.2. The molecule has 1 heterocycles. The van der Waals surface area contributed by atoms with Gasteiger partial charge < -0.3 is 4.74 Å². The number of nitrogens with zero attached hydrogens (tertiary/aromatic N) is 1. The van der Waals surface area contributed by atoms with Crippen molar-refractivity contribution < 1.29 is 13.2 Å². The molecule has 1 unspecified atom stereocenters. The molecule has 1 saturated heterocycles. The van der Waals surface area contributed by atoms with E-state index in [1.54, 1.807) is 43.1 Å². The minimum atomic E-state index is -3.25. The molecule has 0 amide bonds. The van der Waals surface area contributed by atoms with E-state index in [4.69, 9.17) is 4.74 Å². The molecule has 1 aliphatic heterocycles. The number of benzene rings is 2. The fourth-order valence-corrected chi connectivity index (χ4v) is 4.58. The maximum Gasteiger partial charge on any atom is 0.236 e. The summed E-state index contributed by atoms with van der Waals surface area (Å²) in [5, 5.41) is 0.258. The molecule has 0 spiro atoms. The third-order valence-electron chi connectivity index (χ3n) is 3.40. The Morgan fingerprint density at radius 2 is 1.68 bits per heavy atom. The normalized spacial score (nSPS) is 17.0. The fraction of sp³-hybridized carbons (Fsp3) is 0.250. The predicted octanol–water partition coefficient (Wildman–Crippen LogP) is 3.36. The van der Waals surface area contributed by atoms with Crippen molar-refractivity contribution in [2.24, 2.45) is 0 Å². The van der Waals surface area contributed by atoms with Gasteiger partial charge in [0.25, 0.3) is 0 Å². The molecule has 0 aliphatic carbocycles. The Kier molecular flexibility index (Phi) is 4.31. The summed E-state index contributed by atoms with van der Waals surface area (Å²) in [6, 6.07) is 16.6. The van der Waals surface area contributed by atoms with Gasteiger partial charge in [0.05, 0.1) is 11.4 Å². The number of ether oxygens (including phenoxy) is 1. The van der Waals surface area contributed by atoms with E-state index >= 15 is 0 Å². The van der Waals surface area contributed by atoms with Crippen molar-refractivity contribution in [3.8, 4) is 11.5 Å². The van der Waals surface area contributed by atoms with E-state index in [0.717, 1.165) is 11.5 Å². The minimum Gasteiger partial charge on any atom is -0.457 e. The molecule has 0 radical (unpaired) electrons. The largest absolute Gasteiger partial charge is 0.457 e. The van der Waals surface area contributed by atoms with Crippen molar-refractivity contribution in [3.63, 3.8) is 0 Å². The lowest BCUT2D eigenvalue weighted by Crippen LogP contribution is -2.30. The highest BCUT2D eigenvalue weighted by molar-refractivity contribution is 8.08. The van der Waals surface area contributed by atoms with Gasteiger partial charge in [-0.15, -0.1) is 0 Å². The van der Waals surface area contributed by atoms with Crippen LogP contribution in [0.2, 0.25) is 0 Å². The number of para-hydroxylation sites is 1. The van der Waals surface area contributed by atoms with E-state index in [0.29, 0.717) is 11.4 Å². The van der Waals surface area contributed by atoms with Gasteiger partial charge in [-0.05, 0) is 36.4 Å². The molecule has 1 fully saturated rings. The van der Waals surface area contributed by atoms with Gasteiger partial charge in [-0.1, -0.05) is 18.2 Å². The minimum absolute atomic E-state index is 0.205. The molecule has 1 aliphatic rings. The molecule has 2 aromatic carbocycles. The second-order valence-electron chi connectivity index (χ2n) is 5.11. The monoisotopic (exact) mass is 335 g/mol. The first kappa shape index (κ1) is 15.2. The Hall–Kier alpha value is -1.66. The Morgan fingerprint density at radius 3 is 2.27 bits per heavy atom. The van der Waals surface area contributed by atoms with E-state index < -0.39 is 10.0 Å². The first-order valence-corrected chi connectivity index (χ1v) is 9.61. The number of rotatable bonds is 6. The van der Waals surface area contributed by atoms with Crippen LogP contribution in [0.5, 0.6) is 11.5 Å². The average molecular weight is 335 g/mol. The van der Waals surface area contributed by atoms with E-state index in [1.165, 1.54) is 4.31 Å². The zero-order chi connectivity index (χ0) is 15.6. The Balaban J connectivity index is 1.70. The molecule has 6 heteroatoms. The highest BCUT2D eigenvalue weighted by Gasteiger charge is 2.31. The van der Waals surface area contributed by atoms with Gasteiger partial charge in [0.2, 0.25) is 10.0 Å². The molecular weight excluding hydrogens is 318 g/mol. The van der Waals surface area contributed by atoms with Crippen LogP contribution in [-0.4, -0.2) is 32.2 Å². The third kappa shape index (κ3) is 3.75. The topological polar surface area (TPSA) is 46.6 Å². The van der Waals surface area contributed by atoms with Crippen molar-refractivity contribution in [3.05, 3.63) is 54.6 Å². The first-order valence-electron chi connectivity index (χ1n) is 6.96. The quantitative estimate of drug-likeness (QED) is 0.760. The average Bonchev–Trinajstić information content (AvgIpc) is 3.32. The van der Waals surface area contributed by atoms with Crippen LogP contribution in [0.15, 0.2) is 54.6 Å². The van der Waals surface area contributed by atoms with E-state index in [9.17, 15) is 8.42 Å². The summed E-state index contributed by atoms with van der Waals surface area (Å²) in [7, 11) is -1.66. The summed E-state index contributed by atoms with van der Waals surface area (Å²) < 4.78 is 31.5. The van der Waals surface area contributed by atoms with Gasteiger partial charge >= 0.3 is 0 Å². The number of sulfonamides is 1. The molecule has 0 saturated carbocycles. The lowest BCUT2D eigenvalue weighted by Gasteiger charge is -2.19. The van der Waals surface area contributed by atoms with Crippen LogP contribution in [0.3, 0.4) is 0 Å². The SMILES string of the molecule is CN(c1ccc(Oc2ccccc2)cc1)S(=O)(=O)CC1CS1. The van der Waals surface area contributed by atoms with Gasteiger partial charge in [0.15, 0.2) is 0 Å². The van der Waals surface area contributed by atoms with Crippen LogP contribution < -0.4 is 9.04 Å². The molecule has 2 aromatic rings. The van der Waals surface area contributed by atoms with Crippen molar-refractivity contribution >= 4 is 27.5 Å². The highest BCUT2D eigenvalue weighted by Crippen LogP contribution is 2.33. The zero-order valence-electron chi connectivity index (χ0n) is 12.2. The van der Waals surface area contributed by atoms with Crippen molar-refractivity contribution in [2.75, 3.05) is 22.9 Å². The van der Waals surface area contributed by atoms with Crippen LogP contribution in [-0.2, 0) is 10.0 Å². The van der Waals surface area contributed by atoms with Gasteiger partial charge in [0, 0.05) is 18.1 Å². The zero-order valence-corrected chi connectivity index (χ0v) is 13.8. The van der Waals surface area contributed by atoms with Gasteiger partial charge in [-0.2, -0.15) is 11.8 Å². The Morgan fingerprint density at radius 1 is 1.09 bits per heavy atom. The van der Waals surface area contributed by atoms with Crippen LogP contribution >= 0.6 is 11.8 Å². The summed E-state index contributed by atoms with van der Waals surface area (Å²) in [6.45, 7) is 0. The molecule has 116 valence electrons. The maximum absolute atomic E-state index is 12.2. The van der Waals surface area contributed by atoms with Crippen LogP contribution in [0.4, 0.5) is 5.69 Å². The lowest BCUT2D eigenvalue weighted by molar-refractivity contribution is 0.482. The third-order valence-corrected chi connectivity index (χ3v) is 6.45. The van der Waals surface area contributed by atoms with Gasteiger partial charge in [0.1, 0.15) is 11.5 Å². The summed E-state index contributed by atoms with van der Waals surface area (Å²) in [6.07, 6.45) is 0. The number of hydrogen-bond donors (Lipinski definition) is 0. The van der Waals surface area contributed by atoms with Gasteiger partial charge in [-0.25, -0.2) is 8.42 Å². The number of anilines is 1. The summed E-state index contributed by atoms with van der Waals surface area (Å²) >= 11 is 1.69. The Labute approximate surface area is 135 Å². The molecule has 0 bridgehead atoms. The van der Waals surface area contributed by atoms with Crippen molar-refractivity contribution in [1.82, 2.24) is 0 Å². The van der Waals surface area contributed by atoms with E-state index in [-0.39, 0.29) is 11.0 Å². The molecule has 3 rings (SSSR count). The first-order chi connectivity index (χ1) is 10.5. The molecule has 0 N–H and O–H groups in total. The van der Waals surface area contributed by atoms with E-state index in [2.05, 4.69) is 0 Å². The van der Waals surface area contributed by atoms with Crippen LogP contribution in [0.25, 0.3) is 0 Å². The summed E-state index contributed by atoms with van der Waals surface area (Å²) in [5.74, 6) is 2.58. The molecule has 1 atom stereocenters. The predicted molar refractivity (Wildman–Crippen MR) is 91.4 cm³/mol. The molecule has 0 aromatic heterocycles. The lowest BCUT2D eigenvalue weighted by atomic mass is 10.3. The van der Waals surface area contributed by atoms with Crippen LogP contribution in [0.1, 0.15) is 0 Å². The van der Waals surface area contributed by atoms with Crippen molar-refractivity contribution in [2.45, 2.75) is 5.25 Å². The summed E-state index contributed by atoms with van der Waals surface area (Å²) in [4.78, 5) is 0. The second-order valence-corrected chi connectivity index (χ2v) is 8.49. The Bertz CT molecular complexity index is 726. The highest BCUT2D eigenvalue weighted by atomic mass is 32.2. The molecular formula is C16H17NO3S2. The number of thioether (sulfide) groups is 1. The van der Waals surface area contributed by atoms with Gasteiger partial charge in [-0.3, -0.25) is 4.31 Å². The smallest absolute Gasteiger partial charge is 0.236 e. The number of hydrogen-bond acceptors (Lipinski definition) is 4. The summed E-state index contributed by atoms with van der Waals surface area (Å²) in [5.41, 5.74) is 0.645.